The molecule has 1 aromatic rings. The van der Waals surface area contributed by atoms with Crippen LogP contribution in [0.5, 0.6) is 0 Å². The van der Waals surface area contributed by atoms with E-state index in [-0.39, 0.29) is 12.2 Å². The number of hydrogen-bond donors (Lipinski definition) is 1. The smallest absolute Gasteiger partial charge is 0.0823 e. The van der Waals surface area contributed by atoms with Crippen LogP contribution in [-0.4, -0.2) is 18.2 Å². The minimum atomic E-state index is 0.286. The Morgan fingerprint density at radius 2 is 1.82 bits per heavy atom. The Morgan fingerprint density at radius 1 is 1.18 bits per heavy atom. The highest BCUT2D eigenvalue weighted by Crippen LogP contribution is 2.31. The lowest BCUT2D eigenvalue weighted by atomic mass is 9.99. The molecule has 0 aromatic heterocycles. The molecule has 1 N–H and O–H groups in total. The predicted molar refractivity (Wildman–Crippen MR) is 73.1 cm³/mol. The van der Waals surface area contributed by atoms with E-state index in [9.17, 15) is 0 Å². The van der Waals surface area contributed by atoms with Gasteiger partial charge in [0, 0.05) is 6.04 Å². The highest BCUT2D eigenvalue weighted by atomic mass is 35.5. The quantitative estimate of drug-likeness (QED) is 0.865. The van der Waals surface area contributed by atoms with Gasteiger partial charge < -0.3 is 10.1 Å². The number of anilines is 1. The molecule has 0 bridgehead atoms. The van der Waals surface area contributed by atoms with Crippen LogP contribution in [0.2, 0.25) is 10.0 Å². The molecule has 2 nitrogen and oxygen atoms in total. The molecule has 2 unspecified atom stereocenters. The Labute approximate surface area is 112 Å². The van der Waals surface area contributed by atoms with E-state index in [0.29, 0.717) is 16.1 Å². The summed E-state index contributed by atoms with van der Waals surface area (Å²) in [6, 6.07) is 6.05. The van der Waals surface area contributed by atoms with Crippen molar-refractivity contribution in [1.29, 1.82) is 0 Å². The normalized spacial score (nSPS) is 29.1. The van der Waals surface area contributed by atoms with Crippen LogP contribution in [-0.2, 0) is 4.74 Å². The van der Waals surface area contributed by atoms with E-state index in [1.54, 1.807) is 6.07 Å². The van der Waals surface area contributed by atoms with E-state index in [1.807, 2.05) is 12.1 Å². The summed E-state index contributed by atoms with van der Waals surface area (Å²) in [5.41, 5.74) is 0.908. The first-order valence-electron chi connectivity index (χ1n) is 5.92. The molecule has 1 fully saturated rings. The number of hydrogen-bond acceptors (Lipinski definition) is 2. The summed E-state index contributed by atoms with van der Waals surface area (Å²) in [5, 5.41) is 4.64. The molecule has 4 heteroatoms. The predicted octanol–water partition coefficient (Wildman–Crippen LogP) is 4.36. The fraction of sp³-hybridized carbons (Fsp3) is 0.538. The van der Waals surface area contributed by atoms with Gasteiger partial charge in [0.1, 0.15) is 0 Å². The van der Waals surface area contributed by atoms with Crippen LogP contribution in [0.4, 0.5) is 5.69 Å². The topological polar surface area (TPSA) is 21.3 Å². The molecular formula is C13H17Cl2NO. The van der Waals surface area contributed by atoms with E-state index in [1.165, 1.54) is 0 Å². The molecule has 94 valence electrons. The summed E-state index contributed by atoms with van der Waals surface area (Å²) in [6.07, 6.45) is 2.56. The maximum atomic E-state index is 6.16. The third-order valence-electron chi connectivity index (χ3n) is 3.01. The summed E-state index contributed by atoms with van der Waals surface area (Å²) >= 11 is 12.2. The molecule has 2 rings (SSSR count). The Morgan fingerprint density at radius 3 is 2.47 bits per heavy atom. The van der Waals surface area contributed by atoms with Crippen molar-refractivity contribution in [3.63, 3.8) is 0 Å². The molecule has 0 aliphatic carbocycles. The highest BCUT2D eigenvalue weighted by Gasteiger charge is 2.24. The van der Waals surface area contributed by atoms with Crippen LogP contribution in [0.15, 0.2) is 18.2 Å². The summed E-state index contributed by atoms with van der Waals surface area (Å²) in [6.45, 7) is 4.20. The molecule has 1 aliphatic heterocycles. The second-order valence-corrected chi connectivity index (χ2v) is 5.46. The van der Waals surface area contributed by atoms with Crippen LogP contribution < -0.4 is 5.32 Å². The van der Waals surface area contributed by atoms with Gasteiger partial charge in [0.25, 0.3) is 0 Å². The molecule has 1 aliphatic rings. The molecular weight excluding hydrogens is 257 g/mol. The number of nitrogens with one attached hydrogen (secondary N) is 1. The van der Waals surface area contributed by atoms with Gasteiger partial charge in [-0.05, 0) is 38.8 Å². The Bertz CT molecular complexity index is 387. The molecule has 0 radical (unpaired) electrons. The lowest BCUT2D eigenvalue weighted by molar-refractivity contribution is -0.0337. The van der Waals surface area contributed by atoms with Gasteiger partial charge in [0.15, 0.2) is 0 Å². The highest BCUT2D eigenvalue weighted by molar-refractivity contribution is 6.43. The fourth-order valence-corrected chi connectivity index (χ4v) is 2.71. The average Bonchev–Trinajstić information content (AvgIpc) is 2.23. The zero-order chi connectivity index (χ0) is 12.4. The van der Waals surface area contributed by atoms with Crippen LogP contribution >= 0.6 is 23.2 Å². The van der Waals surface area contributed by atoms with Gasteiger partial charge in [-0.2, -0.15) is 0 Å². The largest absolute Gasteiger partial charge is 0.381 e. The summed E-state index contributed by atoms with van der Waals surface area (Å²) < 4.78 is 5.71. The minimum Gasteiger partial charge on any atom is -0.381 e. The van der Waals surface area contributed by atoms with E-state index in [2.05, 4.69) is 19.2 Å². The monoisotopic (exact) mass is 273 g/mol. The van der Waals surface area contributed by atoms with Crippen LogP contribution in [0.25, 0.3) is 0 Å². The number of benzene rings is 1. The zero-order valence-corrected chi connectivity index (χ0v) is 11.6. The summed E-state index contributed by atoms with van der Waals surface area (Å²) in [5.74, 6) is 0. The first-order chi connectivity index (χ1) is 8.06. The van der Waals surface area contributed by atoms with Crippen molar-refractivity contribution in [3.8, 4) is 0 Å². The van der Waals surface area contributed by atoms with Crippen molar-refractivity contribution in [3.05, 3.63) is 28.2 Å². The van der Waals surface area contributed by atoms with E-state index >= 15 is 0 Å². The number of ether oxygens (including phenoxy) is 1. The molecule has 17 heavy (non-hydrogen) atoms. The van der Waals surface area contributed by atoms with Crippen LogP contribution in [0.3, 0.4) is 0 Å². The van der Waals surface area contributed by atoms with Gasteiger partial charge in [0.2, 0.25) is 0 Å². The second kappa shape index (κ2) is 5.47. The number of halogens is 2. The zero-order valence-electron chi connectivity index (χ0n) is 10.0. The molecule has 1 saturated heterocycles. The third kappa shape index (κ3) is 3.27. The molecule has 0 spiro atoms. The summed E-state index contributed by atoms with van der Waals surface area (Å²) in [7, 11) is 0. The maximum absolute atomic E-state index is 6.16. The van der Waals surface area contributed by atoms with Crippen molar-refractivity contribution < 1.29 is 4.74 Å². The van der Waals surface area contributed by atoms with E-state index in [0.717, 1.165) is 18.5 Å². The molecule has 0 amide bonds. The SMILES string of the molecule is CC1CC(Nc2cccc(Cl)c2Cl)CC(C)O1. The van der Waals surface area contributed by atoms with E-state index < -0.39 is 0 Å². The van der Waals surface area contributed by atoms with Crippen molar-refractivity contribution in [1.82, 2.24) is 0 Å². The molecule has 0 saturated carbocycles. The lowest BCUT2D eigenvalue weighted by Gasteiger charge is -2.33. The van der Waals surface area contributed by atoms with Crippen molar-refractivity contribution >= 4 is 28.9 Å². The lowest BCUT2D eigenvalue weighted by Crippen LogP contribution is -2.36. The van der Waals surface area contributed by atoms with Crippen LogP contribution in [0.1, 0.15) is 26.7 Å². The van der Waals surface area contributed by atoms with Crippen molar-refractivity contribution in [2.75, 3.05) is 5.32 Å². The summed E-state index contributed by atoms with van der Waals surface area (Å²) in [4.78, 5) is 0. The van der Waals surface area contributed by atoms with Gasteiger partial charge in [-0.3, -0.25) is 0 Å². The molecule has 1 heterocycles. The minimum absolute atomic E-state index is 0.286. The van der Waals surface area contributed by atoms with Gasteiger partial charge in [-0.1, -0.05) is 29.3 Å². The fourth-order valence-electron chi connectivity index (χ4n) is 2.36. The maximum Gasteiger partial charge on any atom is 0.0823 e. The first kappa shape index (κ1) is 13.0. The molecule has 1 aromatic carbocycles. The van der Waals surface area contributed by atoms with Crippen molar-refractivity contribution in [2.45, 2.75) is 44.9 Å². The standard InChI is InChI=1S/C13H17Cl2NO/c1-8-6-10(7-9(2)17-8)16-12-5-3-4-11(14)13(12)15/h3-5,8-10,16H,6-7H2,1-2H3. The Hall–Kier alpha value is -0.440. The number of rotatable bonds is 2. The van der Waals surface area contributed by atoms with Gasteiger partial charge in [-0.25, -0.2) is 0 Å². The average molecular weight is 274 g/mol. The second-order valence-electron chi connectivity index (χ2n) is 4.67. The Balaban J connectivity index is 2.07. The first-order valence-corrected chi connectivity index (χ1v) is 6.68. The third-order valence-corrected chi connectivity index (χ3v) is 3.83. The van der Waals surface area contributed by atoms with Crippen molar-refractivity contribution in [2.24, 2.45) is 0 Å². The van der Waals surface area contributed by atoms with Crippen LogP contribution in [0, 0.1) is 0 Å². The van der Waals surface area contributed by atoms with E-state index in [4.69, 9.17) is 27.9 Å². The molecule has 2 atom stereocenters. The van der Waals surface area contributed by atoms with Gasteiger partial charge >= 0.3 is 0 Å². The van der Waals surface area contributed by atoms with Gasteiger partial charge in [0.05, 0.1) is 27.9 Å². The Kier molecular flexibility index (Phi) is 4.18. The van der Waals surface area contributed by atoms with Gasteiger partial charge in [-0.15, -0.1) is 0 Å².